The molecule has 0 fully saturated rings. The minimum absolute atomic E-state index is 0.900. The molecule has 75 heavy (non-hydrogen) atoms. The lowest BCUT2D eigenvalue weighted by Gasteiger charge is -2.26. The third kappa shape index (κ3) is 8.04. The smallest absolute Gasteiger partial charge is 0.136 e. The number of hydrogen-bond acceptors (Lipinski definition) is 2. The van der Waals surface area contributed by atoms with Crippen LogP contribution in [0, 0.1) is 0 Å². The Balaban J connectivity index is 0.788. The molecule has 352 valence electrons. The Morgan fingerprint density at radius 3 is 1.28 bits per heavy atom. The second kappa shape index (κ2) is 18.6. The Labute approximate surface area is 436 Å². The van der Waals surface area contributed by atoms with Gasteiger partial charge in [0.25, 0.3) is 0 Å². The fraction of sp³-hybridized carbons (Fsp3) is 0. The van der Waals surface area contributed by atoms with Gasteiger partial charge in [-0.1, -0.05) is 212 Å². The van der Waals surface area contributed by atoms with Gasteiger partial charge in [-0.25, -0.2) is 0 Å². The zero-order chi connectivity index (χ0) is 49.7. The highest BCUT2D eigenvalue weighted by Crippen LogP contribution is 2.42. The summed E-state index contributed by atoms with van der Waals surface area (Å²) in [4.78, 5) is 2.36. The number of rotatable bonds is 10. The summed E-state index contributed by atoms with van der Waals surface area (Å²) in [6, 6.07) is 105. The molecule has 0 N–H and O–H groups in total. The molecule has 0 aliphatic heterocycles. The van der Waals surface area contributed by atoms with Gasteiger partial charge in [0.05, 0.1) is 11.0 Å². The number of benzene rings is 12. The molecular weight excluding hydrogens is 909 g/mol. The van der Waals surface area contributed by atoms with Crippen molar-refractivity contribution in [3.63, 3.8) is 0 Å². The third-order valence-corrected chi connectivity index (χ3v) is 14.8. The molecule has 0 aliphatic carbocycles. The van der Waals surface area contributed by atoms with Gasteiger partial charge < -0.3 is 13.9 Å². The lowest BCUT2D eigenvalue weighted by Crippen LogP contribution is -2.10. The highest BCUT2D eigenvalue weighted by atomic mass is 16.3. The number of para-hydroxylation sites is 3. The first-order chi connectivity index (χ1) is 37.2. The molecule has 0 bridgehead atoms. The highest BCUT2D eigenvalue weighted by molar-refractivity contribution is 6.13. The van der Waals surface area contributed by atoms with Crippen LogP contribution in [-0.4, -0.2) is 4.57 Å². The van der Waals surface area contributed by atoms with E-state index in [9.17, 15) is 0 Å². The Morgan fingerprint density at radius 2 is 0.667 bits per heavy atom. The first-order valence-electron chi connectivity index (χ1n) is 25.6. The Hall–Kier alpha value is -9.96. The number of nitrogens with zero attached hydrogens (tertiary/aromatic N) is 2. The van der Waals surface area contributed by atoms with Crippen LogP contribution < -0.4 is 4.90 Å². The molecule has 0 aliphatic rings. The van der Waals surface area contributed by atoms with Crippen molar-refractivity contribution in [2.75, 3.05) is 4.90 Å². The molecule has 3 nitrogen and oxygen atoms in total. The standard InChI is InChI=1S/C72H48N2O/c1-2-14-49(15-3-1)50-30-34-53(35-31-50)57-17-11-20-62(47-57)73(61-44-40-55(41-45-61)56-16-10-19-59(46-56)64-25-13-29-71-72(64)67-24-6-9-28-70(67)75-71)60-42-38-52(39-43-60)51-32-36-54(37-33-51)58-18-12-21-63(48-58)74-68-26-7-4-22-65(68)66-23-5-8-27-69(66)74/h1-48H. The lowest BCUT2D eigenvalue weighted by atomic mass is 9.95. The van der Waals surface area contributed by atoms with Gasteiger partial charge in [0.1, 0.15) is 11.2 Å². The van der Waals surface area contributed by atoms with Gasteiger partial charge >= 0.3 is 0 Å². The summed E-state index contributed by atoms with van der Waals surface area (Å²) in [6.07, 6.45) is 0. The van der Waals surface area contributed by atoms with Gasteiger partial charge in [0.2, 0.25) is 0 Å². The molecule has 0 saturated heterocycles. The zero-order valence-electron chi connectivity index (χ0n) is 41.0. The van der Waals surface area contributed by atoms with Crippen molar-refractivity contribution in [1.82, 2.24) is 4.57 Å². The van der Waals surface area contributed by atoms with E-state index in [1.807, 2.05) is 12.1 Å². The van der Waals surface area contributed by atoms with Crippen LogP contribution in [-0.2, 0) is 0 Å². The molecule has 0 amide bonds. The fourth-order valence-corrected chi connectivity index (χ4v) is 11.1. The Kier molecular flexibility index (Phi) is 10.8. The minimum atomic E-state index is 0.900. The molecule has 14 rings (SSSR count). The SMILES string of the molecule is c1ccc(-c2ccc(-c3cccc(N(c4ccc(-c5ccc(-c6cccc(-n7c8ccccc8c8ccccc87)c6)cc5)cc4)c4ccc(-c5cccc(-c6cccc7oc8ccccc8c67)c5)cc4)c3)cc2)cc1. The molecule has 0 saturated carbocycles. The third-order valence-electron chi connectivity index (χ3n) is 14.8. The molecule has 0 radical (unpaired) electrons. The Morgan fingerprint density at radius 1 is 0.253 bits per heavy atom. The number of anilines is 3. The molecule has 0 atom stereocenters. The van der Waals surface area contributed by atoms with Crippen LogP contribution in [0.3, 0.4) is 0 Å². The molecular formula is C72H48N2O. The van der Waals surface area contributed by atoms with Gasteiger partial charge in [0, 0.05) is 44.3 Å². The van der Waals surface area contributed by atoms with Crippen molar-refractivity contribution in [2.45, 2.75) is 0 Å². The molecule has 14 aromatic rings. The summed E-state index contributed by atoms with van der Waals surface area (Å²) in [5.74, 6) is 0. The van der Waals surface area contributed by atoms with Crippen LogP contribution >= 0.6 is 0 Å². The van der Waals surface area contributed by atoms with E-state index < -0.39 is 0 Å². The van der Waals surface area contributed by atoms with E-state index >= 15 is 0 Å². The lowest BCUT2D eigenvalue weighted by molar-refractivity contribution is 0.669. The maximum absolute atomic E-state index is 6.27. The number of furan rings is 1. The number of aromatic nitrogens is 1. The monoisotopic (exact) mass is 956 g/mol. The van der Waals surface area contributed by atoms with Gasteiger partial charge in [-0.3, -0.25) is 0 Å². The summed E-state index contributed by atoms with van der Waals surface area (Å²) >= 11 is 0. The van der Waals surface area contributed by atoms with Crippen molar-refractivity contribution in [3.05, 3.63) is 291 Å². The highest BCUT2D eigenvalue weighted by Gasteiger charge is 2.17. The second-order valence-corrected chi connectivity index (χ2v) is 19.3. The zero-order valence-corrected chi connectivity index (χ0v) is 41.0. The average Bonchev–Trinajstić information content (AvgIpc) is 4.05. The Bertz CT molecular complexity index is 4320. The quantitative estimate of drug-likeness (QED) is 0.136. The first-order valence-corrected chi connectivity index (χ1v) is 25.6. The van der Waals surface area contributed by atoms with E-state index in [0.717, 1.165) is 78.1 Å². The maximum Gasteiger partial charge on any atom is 0.136 e. The van der Waals surface area contributed by atoms with Crippen LogP contribution in [0.15, 0.2) is 296 Å². The number of hydrogen-bond donors (Lipinski definition) is 0. The molecule has 0 unspecified atom stereocenters. The van der Waals surface area contributed by atoms with Crippen LogP contribution in [0.1, 0.15) is 0 Å². The van der Waals surface area contributed by atoms with Crippen LogP contribution in [0.4, 0.5) is 17.1 Å². The topological polar surface area (TPSA) is 21.3 Å². The van der Waals surface area contributed by atoms with Crippen molar-refractivity contribution in [1.29, 1.82) is 0 Å². The maximum atomic E-state index is 6.27. The van der Waals surface area contributed by atoms with E-state index in [1.54, 1.807) is 0 Å². The van der Waals surface area contributed by atoms with Gasteiger partial charge in [0.15, 0.2) is 0 Å². The molecule has 12 aromatic carbocycles. The van der Waals surface area contributed by atoms with Gasteiger partial charge in [-0.05, 0) is 146 Å². The minimum Gasteiger partial charge on any atom is -0.456 e. The van der Waals surface area contributed by atoms with Gasteiger partial charge in [-0.15, -0.1) is 0 Å². The largest absolute Gasteiger partial charge is 0.456 e. The van der Waals surface area contributed by atoms with Crippen molar-refractivity contribution < 1.29 is 4.42 Å². The summed E-state index contributed by atoms with van der Waals surface area (Å²) in [5.41, 5.74) is 22.6. The predicted octanol–water partition coefficient (Wildman–Crippen LogP) is 20.2. The fourth-order valence-electron chi connectivity index (χ4n) is 11.1. The summed E-state index contributed by atoms with van der Waals surface area (Å²) in [5, 5.41) is 4.80. The molecule has 2 aromatic heterocycles. The molecule has 3 heteroatoms. The van der Waals surface area contributed by atoms with E-state index in [4.69, 9.17) is 4.42 Å². The molecule has 2 heterocycles. The van der Waals surface area contributed by atoms with Gasteiger partial charge in [-0.2, -0.15) is 0 Å². The normalized spacial score (nSPS) is 11.5. The van der Waals surface area contributed by atoms with E-state index in [0.29, 0.717) is 0 Å². The van der Waals surface area contributed by atoms with E-state index in [2.05, 4.69) is 289 Å². The van der Waals surface area contributed by atoms with E-state index in [1.165, 1.54) is 55.2 Å². The van der Waals surface area contributed by atoms with Crippen LogP contribution in [0.5, 0.6) is 0 Å². The van der Waals surface area contributed by atoms with Crippen molar-refractivity contribution in [3.8, 4) is 72.4 Å². The van der Waals surface area contributed by atoms with Crippen molar-refractivity contribution >= 4 is 60.8 Å². The van der Waals surface area contributed by atoms with Crippen molar-refractivity contribution in [2.24, 2.45) is 0 Å². The van der Waals surface area contributed by atoms with E-state index in [-0.39, 0.29) is 0 Å². The average molecular weight is 957 g/mol. The van der Waals surface area contributed by atoms with Crippen LogP contribution in [0.25, 0.3) is 116 Å². The molecule has 0 spiro atoms. The second-order valence-electron chi connectivity index (χ2n) is 19.3. The van der Waals surface area contributed by atoms with Crippen LogP contribution in [0.2, 0.25) is 0 Å². The first kappa shape index (κ1) is 43.8. The summed E-state index contributed by atoms with van der Waals surface area (Å²) in [7, 11) is 0. The number of fused-ring (bicyclic) bond motifs is 6. The summed E-state index contributed by atoms with van der Waals surface area (Å²) in [6.45, 7) is 0. The summed E-state index contributed by atoms with van der Waals surface area (Å²) < 4.78 is 8.65. The predicted molar refractivity (Wildman–Crippen MR) is 315 cm³/mol.